The molecular formula is C8H14N2O3. The Bertz CT molecular complexity index is 238. The third kappa shape index (κ3) is 2.64. The number of ketones is 1. The van der Waals surface area contributed by atoms with Crippen molar-refractivity contribution < 1.29 is 14.7 Å². The molecule has 0 aromatic carbocycles. The van der Waals surface area contributed by atoms with Gasteiger partial charge in [0.25, 0.3) is 0 Å². The molecule has 0 amide bonds. The van der Waals surface area contributed by atoms with Gasteiger partial charge in [0.1, 0.15) is 0 Å². The third-order valence-electron chi connectivity index (χ3n) is 1.68. The summed E-state index contributed by atoms with van der Waals surface area (Å²) in [5.41, 5.74) is 8.69. The molecule has 0 bridgehead atoms. The zero-order valence-electron chi connectivity index (χ0n) is 7.49. The number of aliphatic carboxylic acids is 1. The van der Waals surface area contributed by atoms with Gasteiger partial charge in [-0.2, -0.15) is 0 Å². The normalized spacial score (nSPS) is 15.6. The van der Waals surface area contributed by atoms with Gasteiger partial charge in [-0.05, 0) is 26.0 Å². The first kappa shape index (κ1) is 11.8. The Kier molecular flexibility index (Phi) is 4.30. The van der Waals surface area contributed by atoms with Gasteiger partial charge in [0.05, 0.1) is 0 Å². The van der Waals surface area contributed by atoms with Gasteiger partial charge in [-0.3, -0.25) is 4.79 Å². The van der Waals surface area contributed by atoms with E-state index in [2.05, 4.69) is 0 Å². The van der Waals surface area contributed by atoms with Crippen LogP contribution in [0.1, 0.15) is 13.3 Å². The molecule has 0 saturated heterocycles. The van der Waals surface area contributed by atoms with Crippen LogP contribution >= 0.6 is 0 Å². The van der Waals surface area contributed by atoms with Crippen LogP contribution < -0.4 is 11.5 Å². The summed E-state index contributed by atoms with van der Waals surface area (Å²) in [5, 5.41) is 8.73. The Morgan fingerprint density at radius 1 is 1.54 bits per heavy atom. The smallest absolute Gasteiger partial charge is 0.331 e. The number of rotatable bonds is 5. The molecule has 1 unspecified atom stereocenters. The number of carboxylic acid groups (broad SMARTS) is 1. The molecule has 0 aliphatic carbocycles. The second-order valence-electron chi connectivity index (χ2n) is 2.68. The minimum atomic E-state index is -1.87. The van der Waals surface area contributed by atoms with Gasteiger partial charge < -0.3 is 16.6 Å². The molecular weight excluding hydrogens is 172 g/mol. The van der Waals surface area contributed by atoms with Crippen molar-refractivity contribution in [1.29, 1.82) is 0 Å². The summed E-state index contributed by atoms with van der Waals surface area (Å²) in [6, 6.07) is 0. The highest BCUT2D eigenvalue weighted by Crippen LogP contribution is 2.08. The average Bonchev–Trinajstić information content (AvgIpc) is 2.04. The average molecular weight is 186 g/mol. The summed E-state index contributed by atoms with van der Waals surface area (Å²) in [7, 11) is 0. The standard InChI is InChI=1S/C8H14N2O3/c1-2-3-6(11)8(10,4-5-9)7(12)13/h2-3H,4-5,9-10H2,1H3,(H,12,13)/b3-2+. The van der Waals surface area contributed by atoms with Crippen molar-refractivity contribution in [2.45, 2.75) is 18.9 Å². The van der Waals surface area contributed by atoms with Crippen LogP contribution in [0.5, 0.6) is 0 Å². The Labute approximate surface area is 76.4 Å². The maximum absolute atomic E-state index is 11.2. The topological polar surface area (TPSA) is 106 Å². The van der Waals surface area contributed by atoms with Gasteiger partial charge >= 0.3 is 5.97 Å². The predicted molar refractivity (Wildman–Crippen MR) is 48.0 cm³/mol. The lowest BCUT2D eigenvalue weighted by molar-refractivity contribution is -0.147. The van der Waals surface area contributed by atoms with Gasteiger partial charge in [0.2, 0.25) is 0 Å². The van der Waals surface area contributed by atoms with E-state index < -0.39 is 17.3 Å². The summed E-state index contributed by atoms with van der Waals surface area (Å²) >= 11 is 0. The van der Waals surface area contributed by atoms with Crippen LogP contribution in [0.3, 0.4) is 0 Å². The molecule has 0 heterocycles. The number of carbonyl (C=O) groups is 2. The first-order valence-electron chi connectivity index (χ1n) is 3.88. The zero-order valence-corrected chi connectivity index (χ0v) is 7.49. The zero-order chi connectivity index (χ0) is 10.5. The summed E-state index contributed by atoms with van der Waals surface area (Å²) in [6.07, 6.45) is 2.53. The second kappa shape index (κ2) is 4.74. The van der Waals surface area contributed by atoms with Crippen molar-refractivity contribution in [2.24, 2.45) is 11.5 Å². The van der Waals surface area contributed by atoms with Gasteiger partial charge in [-0.15, -0.1) is 0 Å². The van der Waals surface area contributed by atoms with Crippen molar-refractivity contribution in [3.63, 3.8) is 0 Å². The minimum Gasteiger partial charge on any atom is -0.480 e. The van der Waals surface area contributed by atoms with Crippen LogP contribution in [-0.4, -0.2) is 28.9 Å². The number of allylic oxidation sites excluding steroid dienone is 1. The van der Waals surface area contributed by atoms with E-state index in [1.165, 1.54) is 6.08 Å². The van der Waals surface area contributed by atoms with E-state index in [-0.39, 0.29) is 13.0 Å². The van der Waals surface area contributed by atoms with Crippen molar-refractivity contribution in [3.05, 3.63) is 12.2 Å². The van der Waals surface area contributed by atoms with Crippen LogP contribution in [0.25, 0.3) is 0 Å². The summed E-state index contributed by atoms with van der Waals surface area (Å²) in [5.74, 6) is -1.98. The molecule has 0 radical (unpaired) electrons. The van der Waals surface area contributed by atoms with E-state index >= 15 is 0 Å². The van der Waals surface area contributed by atoms with Crippen LogP contribution in [0, 0.1) is 0 Å². The molecule has 13 heavy (non-hydrogen) atoms. The third-order valence-corrected chi connectivity index (χ3v) is 1.68. The molecule has 74 valence electrons. The molecule has 0 aliphatic heterocycles. The predicted octanol–water partition coefficient (Wildman–Crippen LogP) is -0.737. The van der Waals surface area contributed by atoms with E-state index in [1.54, 1.807) is 6.92 Å². The maximum Gasteiger partial charge on any atom is 0.331 e. The highest BCUT2D eigenvalue weighted by atomic mass is 16.4. The number of carbonyl (C=O) groups excluding carboxylic acids is 1. The highest BCUT2D eigenvalue weighted by Gasteiger charge is 2.39. The SMILES string of the molecule is C/C=C/C(=O)C(N)(CCN)C(=O)O. The van der Waals surface area contributed by atoms with Crippen LogP contribution in [0.4, 0.5) is 0 Å². The first-order chi connectivity index (χ1) is 5.99. The minimum absolute atomic E-state index is 0.0616. The quantitative estimate of drug-likeness (QED) is 0.387. The molecule has 5 nitrogen and oxygen atoms in total. The molecule has 0 aromatic rings. The number of nitrogens with two attached hydrogens (primary N) is 2. The van der Waals surface area contributed by atoms with Crippen molar-refractivity contribution >= 4 is 11.8 Å². The Balaban J connectivity index is 4.78. The molecule has 0 fully saturated rings. The molecule has 0 rings (SSSR count). The van der Waals surface area contributed by atoms with Crippen LogP contribution in [-0.2, 0) is 9.59 Å². The molecule has 0 aromatic heterocycles. The highest BCUT2D eigenvalue weighted by molar-refractivity contribution is 6.12. The lowest BCUT2D eigenvalue weighted by Crippen LogP contribution is -2.55. The van der Waals surface area contributed by atoms with E-state index in [0.717, 1.165) is 6.08 Å². The first-order valence-corrected chi connectivity index (χ1v) is 3.88. The van der Waals surface area contributed by atoms with Gasteiger partial charge in [0.15, 0.2) is 11.3 Å². The lowest BCUT2D eigenvalue weighted by atomic mass is 9.91. The van der Waals surface area contributed by atoms with E-state index in [0.29, 0.717) is 0 Å². The largest absolute Gasteiger partial charge is 0.480 e. The number of hydrogen-bond acceptors (Lipinski definition) is 4. The number of hydrogen-bond donors (Lipinski definition) is 3. The summed E-state index contributed by atoms with van der Waals surface area (Å²) in [6.45, 7) is 1.68. The fourth-order valence-electron chi connectivity index (χ4n) is 0.863. The monoisotopic (exact) mass is 186 g/mol. The number of carboxylic acids is 1. The lowest BCUT2D eigenvalue weighted by Gasteiger charge is -2.20. The maximum atomic E-state index is 11.2. The summed E-state index contributed by atoms with van der Waals surface area (Å²) < 4.78 is 0. The summed E-state index contributed by atoms with van der Waals surface area (Å²) in [4.78, 5) is 21.9. The molecule has 5 heteroatoms. The van der Waals surface area contributed by atoms with Gasteiger partial charge in [-0.25, -0.2) is 4.79 Å². The van der Waals surface area contributed by atoms with E-state index in [4.69, 9.17) is 16.6 Å². The van der Waals surface area contributed by atoms with Gasteiger partial charge in [0, 0.05) is 0 Å². The molecule has 0 aliphatic rings. The Morgan fingerprint density at radius 3 is 2.38 bits per heavy atom. The van der Waals surface area contributed by atoms with E-state index in [1.807, 2.05) is 0 Å². The van der Waals surface area contributed by atoms with Crippen molar-refractivity contribution in [1.82, 2.24) is 0 Å². The molecule has 0 spiro atoms. The molecule has 1 atom stereocenters. The van der Waals surface area contributed by atoms with Crippen molar-refractivity contribution in [3.8, 4) is 0 Å². The Hall–Kier alpha value is -1.20. The molecule has 0 saturated carbocycles. The van der Waals surface area contributed by atoms with Gasteiger partial charge in [-0.1, -0.05) is 6.08 Å². The van der Waals surface area contributed by atoms with Crippen LogP contribution in [0.15, 0.2) is 12.2 Å². The fourth-order valence-corrected chi connectivity index (χ4v) is 0.863. The second-order valence-corrected chi connectivity index (χ2v) is 2.68. The van der Waals surface area contributed by atoms with Crippen molar-refractivity contribution in [2.75, 3.05) is 6.54 Å². The fraction of sp³-hybridized carbons (Fsp3) is 0.500. The molecule has 5 N–H and O–H groups in total. The van der Waals surface area contributed by atoms with Crippen LogP contribution in [0.2, 0.25) is 0 Å². The Morgan fingerprint density at radius 2 is 2.08 bits per heavy atom. The van der Waals surface area contributed by atoms with E-state index in [9.17, 15) is 9.59 Å².